The molecular formula is C16H19NO2. The van der Waals surface area contributed by atoms with Crippen LogP contribution in [0.5, 0.6) is 0 Å². The van der Waals surface area contributed by atoms with Crippen LogP contribution in [0.1, 0.15) is 18.9 Å². The number of hydrogen-bond donors (Lipinski definition) is 1. The van der Waals surface area contributed by atoms with Gasteiger partial charge < -0.3 is 10.1 Å². The lowest BCUT2D eigenvalue weighted by Gasteiger charge is -2.19. The number of ether oxygens (including phenoxy) is 1. The third-order valence-electron chi connectivity index (χ3n) is 3.35. The van der Waals surface area contributed by atoms with E-state index in [1.54, 1.807) is 0 Å². The smallest absolute Gasteiger partial charge is 0.328 e. The van der Waals surface area contributed by atoms with Gasteiger partial charge in [-0.05, 0) is 24.3 Å². The quantitative estimate of drug-likeness (QED) is 0.852. The lowest BCUT2D eigenvalue weighted by molar-refractivity contribution is -0.141. The summed E-state index contributed by atoms with van der Waals surface area (Å²) in [7, 11) is 1.42. The zero-order valence-electron chi connectivity index (χ0n) is 11.6. The Morgan fingerprint density at radius 3 is 2.68 bits per heavy atom. The lowest BCUT2D eigenvalue weighted by atomic mass is 10.0. The van der Waals surface area contributed by atoms with Crippen molar-refractivity contribution >= 4 is 22.4 Å². The molecule has 3 nitrogen and oxygen atoms in total. The minimum atomic E-state index is -0.311. The summed E-state index contributed by atoms with van der Waals surface area (Å²) < 4.78 is 4.83. The highest BCUT2D eigenvalue weighted by Gasteiger charge is 2.18. The van der Waals surface area contributed by atoms with Gasteiger partial charge >= 0.3 is 5.97 Å². The van der Waals surface area contributed by atoms with Crippen molar-refractivity contribution in [1.29, 1.82) is 0 Å². The average Bonchev–Trinajstić information content (AvgIpc) is 2.45. The molecule has 0 saturated carbocycles. The van der Waals surface area contributed by atoms with Gasteiger partial charge in [0, 0.05) is 11.1 Å². The number of nitrogens with one attached hydrogen (secondary N) is 1. The highest BCUT2D eigenvalue weighted by Crippen LogP contribution is 2.28. The van der Waals surface area contributed by atoms with Crippen LogP contribution in [0.15, 0.2) is 36.4 Å². The van der Waals surface area contributed by atoms with Gasteiger partial charge in [-0.2, -0.15) is 0 Å². The summed E-state index contributed by atoms with van der Waals surface area (Å²) in [6.07, 6.45) is 0.690. The maximum atomic E-state index is 11.7. The average molecular weight is 257 g/mol. The molecule has 3 heteroatoms. The number of carbonyl (C=O) groups is 1. The van der Waals surface area contributed by atoms with Crippen LogP contribution in [-0.4, -0.2) is 19.1 Å². The van der Waals surface area contributed by atoms with E-state index in [0.717, 1.165) is 22.0 Å². The standard InChI is InChI=1S/C16H19NO2/c1-4-14(16(18)19-3)17-15-11(2)9-10-12-7-5-6-8-13(12)15/h5-10,14,17H,4H2,1-3H3. The van der Waals surface area contributed by atoms with Crippen molar-refractivity contribution in [2.24, 2.45) is 0 Å². The Bertz CT molecular complexity index is 592. The van der Waals surface area contributed by atoms with Crippen LogP contribution in [0.25, 0.3) is 10.8 Å². The minimum Gasteiger partial charge on any atom is -0.467 e. The van der Waals surface area contributed by atoms with Crippen LogP contribution in [0, 0.1) is 6.92 Å². The third kappa shape index (κ3) is 2.70. The molecule has 0 aliphatic rings. The molecule has 0 fully saturated rings. The second-order valence-corrected chi connectivity index (χ2v) is 4.61. The van der Waals surface area contributed by atoms with E-state index in [4.69, 9.17) is 4.74 Å². The summed E-state index contributed by atoms with van der Waals surface area (Å²) in [4.78, 5) is 11.7. The maximum absolute atomic E-state index is 11.7. The van der Waals surface area contributed by atoms with E-state index >= 15 is 0 Å². The molecule has 0 aliphatic carbocycles. The van der Waals surface area contributed by atoms with Crippen molar-refractivity contribution in [1.82, 2.24) is 0 Å². The van der Waals surface area contributed by atoms with Crippen LogP contribution < -0.4 is 5.32 Å². The van der Waals surface area contributed by atoms with E-state index in [0.29, 0.717) is 6.42 Å². The molecule has 100 valence electrons. The number of aryl methyl sites for hydroxylation is 1. The zero-order chi connectivity index (χ0) is 13.8. The molecule has 0 radical (unpaired) electrons. The summed E-state index contributed by atoms with van der Waals surface area (Å²) in [5.41, 5.74) is 2.14. The molecule has 2 rings (SSSR count). The molecular weight excluding hydrogens is 238 g/mol. The number of benzene rings is 2. The van der Waals surface area contributed by atoms with E-state index in [1.165, 1.54) is 7.11 Å². The summed E-state index contributed by atoms with van der Waals surface area (Å²) in [6, 6.07) is 12.0. The summed E-state index contributed by atoms with van der Waals surface area (Å²) in [6.45, 7) is 4.01. The summed E-state index contributed by atoms with van der Waals surface area (Å²) >= 11 is 0. The fraction of sp³-hybridized carbons (Fsp3) is 0.312. The Morgan fingerprint density at radius 1 is 1.26 bits per heavy atom. The predicted octanol–water partition coefficient (Wildman–Crippen LogP) is 3.51. The van der Waals surface area contributed by atoms with E-state index < -0.39 is 0 Å². The third-order valence-corrected chi connectivity index (χ3v) is 3.35. The Labute approximate surface area is 113 Å². The molecule has 1 atom stereocenters. The normalized spacial score (nSPS) is 12.2. The summed E-state index contributed by atoms with van der Waals surface area (Å²) in [5.74, 6) is -0.227. The Balaban J connectivity index is 2.44. The van der Waals surface area contributed by atoms with Crippen LogP contribution in [0.4, 0.5) is 5.69 Å². The molecule has 0 aliphatic heterocycles. The Hall–Kier alpha value is -2.03. The monoisotopic (exact) mass is 257 g/mol. The van der Waals surface area contributed by atoms with Crippen LogP contribution >= 0.6 is 0 Å². The Morgan fingerprint density at radius 2 is 2.00 bits per heavy atom. The van der Waals surface area contributed by atoms with Gasteiger partial charge in [0.2, 0.25) is 0 Å². The van der Waals surface area contributed by atoms with Crippen LogP contribution in [0.2, 0.25) is 0 Å². The van der Waals surface area contributed by atoms with Crippen molar-refractivity contribution in [3.63, 3.8) is 0 Å². The SMILES string of the molecule is CCC(Nc1c(C)ccc2ccccc12)C(=O)OC. The largest absolute Gasteiger partial charge is 0.467 e. The first-order valence-electron chi connectivity index (χ1n) is 6.50. The van der Waals surface area contributed by atoms with E-state index in [9.17, 15) is 4.79 Å². The van der Waals surface area contributed by atoms with Gasteiger partial charge in [0.15, 0.2) is 0 Å². The molecule has 0 bridgehead atoms. The molecule has 0 saturated heterocycles. The molecule has 0 spiro atoms. The molecule has 19 heavy (non-hydrogen) atoms. The van der Waals surface area contributed by atoms with Gasteiger partial charge in [-0.25, -0.2) is 4.79 Å². The second-order valence-electron chi connectivity index (χ2n) is 4.61. The first-order chi connectivity index (χ1) is 9.17. The first-order valence-corrected chi connectivity index (χ1v) is 6.50. The van der Waals surface area contributed by atoms with Crippen LogP contribution in [-0.2, 0) is 9.53 Å². The van der Waals surface area contributed by atoms with Crippen molar-refractivity contribution < 1.29 is 9.53 Å². The number of fused-ring (bicyclic) bond motifs is 1. The molecule has 1 N–H and O–H groups in total. The molecule has 0 amide bonds. The highest BCUT2D eigenvalue weighted by atomic mass is 16.5. The van der Waals surface area contributed by atoms with Gasteiger partial charge in [-0.3, -0.25) is 0 Å². The number of rotatable bonds is 4. The van der Waals surface area contributed by atoms with Gasteiger partial charge in [-0.1, -0.05) is 43.3 Å². The molecule has 2 aromatic carbocycles. The lowest BCUT2D eigenvalue weighted by Crippen LogP contribution is -2.30. The zero-order valence-corrected chi connectivity index (χ0v) is 11.6. The van der Waals surface area contributed by atoms with E-state index in [1.807, 2.05) is 26.0 Å². The maximum Gasteiger partial charge on any atom is 0.328 e. The second kappa shape index (κ2) is 5.74. The summed E-state index contributed by atoms with van der Waals surface area (Å²) in [5, 5.41) is 5.61. The fourth-order valence-electron chi connectivity index (χ4n) is 2.22. The number of esters is 1. The molecule has 1 unspecified atom stereocenters. The van der Waals surface area contributed by atoms with Crippen molar-refractivity contribution in [3.05, 3.63) is 42.0 Å². The number of anilines is 1. The van der Waals surface area contributed by atoms with Gasteiger partial charge in [0.25, 0.3) is 0 Å². The van der Waals surface area contributed by atoms with E-state index in [2.05, 4.69) is 29.6 Å². The Kier molecular flexibility index (Phi) is 4.05. The van der Waals surface area contributed by atoms with Gasteiger partial charge in [0.1, 0.15) is 6.04 Å². The van der Waals surface area contributed by atoms with Crippen LogP contribution in [0.3, 0.4) is 0 Å². The number of carbonyl (C=O) groups excluding carboxylic acids is 1. The highest BCUT2D eigenvalue weighted by molar-refractivity contribution is 5.96. The minimum absolute atomic E-state index is 0.227. The molecule has 2 aromatic rings. The molecule has 0 aromatic heterocycles. The van der Waals surface area contributed by atoms with Gasteiger partial charge in [-0.15, -0.1) is 0 Å². The first kappa shape index (κ1) is 13.4. The van der Waals surface area contributed by atoms with E-state index in [-0.39, 0.29) is 12.0 Å². The topological polar surface area (TPSA) is 38.3 Å². The van der Waals surface area contributed by atoms with Crippen molar-refractivity contribution in [2.75, 3.05) is 12.4 Å². The predicted molar refractivity (Wildman–Crippen MR) is 78.4 cm³/mol. The number of hydrogen-bond acceptors (Lipinski definition) is 3. The number of methoxy groups -OCH3 is 1. The van der Waals surface area contributed by atoms with Crippen molar-refractivity contribution in [3.8, 4) is 0 Å². The molecule has 0 heterocycles. The van der Waals surface area contributed by atoms with Gasteiger partial charge in [0.05, 0.1) is 7.11 Å². The van der Waals surface area contributed by atoms with Crippen molar-refractivity contribution in [2.45, 2.75) is 26.3 Å². The fourth-order valence-corrected chi connectivity index (χ4v) is 2.22.